The number of hydrogen-bond acceptors (Lipinski definition) is 3. The van der Waals surface area contributed by atoms with Crippen molar-refractivity contribution in [2.75, 3.05) is 26.5 Å². The molecule has 0 bridgehead atoms. The Labute approximate surface area is 86.3 Å². The standard InChI is InChI=1S/C9H19NO3S/c1-10(9-5-6-9)14(11,12)8-4-3-7-13-2/h9H,3-8H2,1-2H3. The van der Waals surface area contributed by atoms with E-state index in [1.807, 2.05) is 0 Å². The fourth-order valence-corrected chi connectivity index (χ4v) is 2.86. The van der Waals surface area contributed by atoms with Crippen LogP contribution in [-0.2, 0) is 14.8 Å². The quantitative estimate of drug-likeness (QED) is 0.598. The Bertz CT molecular complexity index is 259. The molecular formula is C9H19NO3S. The largest absolute Gasteiger partial charge is 0.385 e. The van der Waals surface area contributed by atoms with Crippen LogP contribution in [0.5, 0.6) is 0 Å². The summed E-state index contributed by atoms with van der Waals surface area (Å²) in [6.07, 6.45) is 3.54. The van der Waals surface area contributed by atoms with Crippen LogP contribution in [0.15, 0.2) is 0 Å². The van der Waals surface area contributed by atoms with Crippen molar-refractivity contribution in [1.29, 1.82) is 0 Å². The van der Waals surface area contributed by atoms with Crippen molar-refractivity contribution >= 4 is 10.0 Å². The number of sulfonamides is 1. The zero-order chi connectivity index (χ0) is 10.6. The number of methoxy groups -OCH3 is 1. The lowest BCUT2D eigenvalue weighted by Gasteiger charge is -2.15. The topological polar surface area (TPSA) is 46.6 Å². The highest BCUT2D eigenvalue weighted by Crippen LogP contribution is 2.27. The summed E-state index contributed by atoms with van der Waals surface area (Å²) in [7, 11) is 0.314. The van der Waals surface area contributed by atoms with E-state index in [2.05, 4.69) is 0 Å². The first-order valence-electron chi connectivity index (χ1n) is 5.02. The highest BCUT2D eigenvalue weighted by Gasteiger charge is 2.33. The number of hydrogen-bond donors (Lipinski definition) is 0. The Morgan fingerprint density at radius 2 is 2.00 bits per heavy atom. The van der Waals surface area contributed by atoms with Crippen molar-refractivity contribution in [3.8, 4) is 0 Å². The van der Waals surface area contributed by atoms with Crippen molar-refractivity contribution in [3.63, 3.8) is 0 Å². The molecule has 0 N–H and O–H groups in total. The molecule has 0 aromatic carbocycles. The Hall–Kier alpha value is -0.130. The van der Waals surface area contributed by atoms with E-state index < -0.39 is 10.0 Å². The van der Waals surface area contributed by atoms with Crippen LogP contribution < -0.4 is 0 Å². The third-order valence-electron chi connectivity index (χ3n) is 2.50. The second-order valence-corrected chi connectivity index (χ2v) is 5.91. The van der Waals surface area contributed by atoms with Crippen LogP contribution in [0.4, 0.5) is 0 Å². The number of unbranched alkanes of at least 4 members (excludes halogenated alkanes) is 1. The van der Waals surface area contributed by atoms with Crippen molar-refractivity contribution in [3.05, 3.63) is 0 Å². The third-order valence-corrected chi connectivity index (χ3v) is 4.48. The van der Waals surface area contributed by atoms with E-state index in [4.69, 9.17) is 4.74 Å². The highest BCUT2D eigenvalue weighted by atomic mass is 32.2. The molecule has 0 aromatic rings. The van der Waals surface area contributed by atoms with Gasteiger partial charge in [-0.2, -0.15) is 0 Å². The lowest BCUT2D eigenvalue weighted by molar-refractivity contribution is 0.194. The van der Waals surface area contributed by atoms with Gasteiger partial charge in [-0.3, -0.25) is 0 Å². The van der Waals surface area contributed by atoms with Gasteiger partial charge >= 0.3 is 0 Å². The van der Waals surface area contributed by atoms with Crippen LogP contribution in [0.3, 0.4) is 0 Å². The minimum Gasteiger partial charge on any atom is -0.385 e. The molecule has 14 heavy (non-hydrogen) atoms. The van der Waals surface area contributed by atoms with Crippen LogP contribution in [0.25, 0.3) is 0 Å². The van der Waals surface area contributed by atoms with Gasteiger partial charge in [0.1, 0.15) is 0 Å². The second-order valence-electron chi connectivity index (χ2n) is 3.76. The van der Waals surface area contributed by atoms with Crippen LogP contribution in [-0.4, -0.2) is 45.3 Å². The number of nitrogens with zero attached hydrogens (tertiary/aromatic N) is 1. The molecule has 0 amide bonds. The van der Waals surface area contributed by atoms with Crippen LogP contribution in [0, 0.1) is 0 Å². The van der Waals surface area contributed by atoms with E-state index in [-0.39, 0.29) is 11.8 Å². The van der Waals surface area contributed by atoms with Crippen molar-refractivity contribution < 1.29 is 13.2 Å². The number of ether oxygens (including phenoxy) is 1. The van der Waals surface area contributed by atoms with E-state index in [1.165, 1.54) is 4.31 Å². The first-order valence-corrected chi connectivity index (χ1v) is 6.63. The molecule has 0 aliphatic heterocycles. The Balaban J connectivity index is 2.26. The molecule has 0 spiro atoms. The molecule has 0 saturated heterocycles. The maximum atomic E-state index is 11.7. The average molecular weight is 221 g/mol. The summed E-state index contributed by atoms with van der Waals surface area (Å²) >= 11 is 0. The highest BCUT2D eigenvalue weighted by molar-refractivity contribution is 7.89. The minimum absolute atomic E-state index is 0.253. The summed E-state index contributed by atoms with van der Waals surface area (Å²) in [6.45, 7) is 0.642. The van der Waals surface area contributed by atoms with Gasteiger partial charge in [0.25, 0.3) is 0 Å². The van der Waals surface area contributed by atoms with Gasteiger partial charge in [0.05, 0.1) is 5.75 Å². The van der Waals surface area contributed by atoms with Crippen LogP contribution >= 0.6 is 0 Å². The lowest BCUT2D eigenvalue weighted by Crippen LogP contribution is -2.31. The molecule has 0 aromatic heterocycles. The molecular weight excluding hydrogens is 202 g/mol. The van der Waals surface area contributed by atoms with Crippen LogP contribution in [0.1, 0.15) is 25.7 Å². The lowest BCUT2D eigenvalue weighted by atomic mass is 10.4. The van der Waals surface area contributed by atoms with E-state index in [9.17, 15) is 8.42 Å². The van der Waals surface area contributed by atoms with Gasteiger partial charge in [-0.15, -0.1) is 0 Å². The molecule has 0 atom stereocenters. The summed E-state index contributed by atoms with van der Waals surface area (Å²) in [4.78, 5) is 0. The summed E-state index contributed by atoms with van der Waals surface area (Å²) in [5.41, 5.74) is 0. The molecule has 0 heterocycles. The normalized spacial score (nSPS) is 17.6. The van der Waals surface area contributed by atoms with Gasteiger partial charge in [-0.25, -0.2) is 12.7 Å². The van der Waals surface area contributed by atoms with E-state index in [0.29, 0.717) is 13.0 Å². The zero-order valence-corrected chi connectivity index (χ0v) is 9.72. The molecule has 1 saturated carbocycles. The summed E-state index contributed by atoms with van der Waals surface area (Å²) in [6, 6.07) is 0.280. The van der Waals surface area contributed by atoms with Gasteiger partial charge in [0.2, 0.25) is 10.0 Å². The first kappa shape index (κ1) is 11.9. The first-order chi connectivity index (χ1) is 6.58. The van der Waals surface area contributed by atoms with Crippen molar-refractivity contribution in [2.24, 2.45) is 0 Å². The van der Waals surface area contributed by atoms with Gasteiger partial charge in [0.15, 0.2) is 0 Å². The maximum Gasteiger partial charge on any atom is 0.214 e. The number of rotatable bonds is 7. The molecule has 4 nitrogen and oxygen atoms in total. The third kappa shape index (κ3) is 3.55. The molecule has 1 fully saturated rings. The predicted molar refractivity (Wildman–Crippen MR) is 55.7 cm³/mol. The summed E-state index contributed by atoms with van der Waals surface area (Å²) in [5.74, 6) is 0.253. The Morgan fingerprint density at radius 1 is 1.36 bits per heavy atom. The monoisotopic (exact) mass is 221 g/mol. The average Bonchev–Trinajstić information content (AvgIpc) is 2.94. The van der Waals surface area contributed by atoms with E-state index >= 15 is 0 Å². The van der Waals surface area contributed by atoms with Gasteiger partial charge in [0, 0.05) is 26.8 Å². The van der Waals surface area contributed by atoms with E-state index in [0.717, 1.165) is 19.3 Å². The predicted octanol–water partition coefficient (Wildman–Crippen LogP) is 0.837. The molecule has 0 unspecified atom stereocenters. The second kappa shape index (κ2) is 5.09. The SMILES string of the molecule is COCCCCS(=O)(=O)N(C)C1CC1. The molecule has 5 heteroatoms. The summed E-state index contributed by atoms with van der Waals surface area (Å²) < 4.78 is 29.7. The minimum atomic E-state index is -3.00. The Kier molecular flexibility index (Phi) is 4.34. The fraction of sp³-hybridized carbons (Fsp3) is 1.00. The maximum absolute atomic E-state index is 11.7. The van der Waals surface area contributed by atoms with Crippen LogP contribution in [0.2, 0.25) is 0 Å². The smallest absolute Gasteiger partial charge is 0.214 e. The zero-order valence-electron chi connectivity index (χ0n) is 8.90. The summed E-state index contributed by atoms with van der Waals surface area (Å²) in [5, 5.41) is 0. The molecule has 1 aliphatic rings. The molecule has 0 radical (unpaired) electrons. The Morgan fingerprint density at radius 3 is 2.50 bits per heavy atom. The molecule has 1 rings (SSSR count). The van der Waals surface area contributed by atoms with Crippen molar-refractivity contribution in [1.82, 2.24) is 4.31 Å². The van der Waals surface area contributed by atoms with Gasteiger partial charge < -0.3 is 4.74 Å². The molecule has 1 aliphatic carbocycles. The van der Waals surface area contributed by atoms with E-state index in [1.54, 1.807) is 14.2 Å². The fourth-order valence-electron chi connectivity index (χ4n) is 1.34. The van der Waals surface area contributed by atoms with Gasteiger partial charge in [-0.1, -0.05) is 0 Å². The van der Waals surface area contributed by atoms with Crippen molar-refractivity contribution in [2.45, 2.75) is 31.7 Å². The molecule has 84 valence electrons. The van der Waals surface area contributed by atoms with Gasteiger partial charge in [-0.05, 0) is 25.7 Å².